The lowest BCUT2D eigenvalue weighted by Crippen LogP contribution is -2.58. The first kappa shape index (κ1) is 26.2. The highest BCUT2D eigenvalue weighted by Crippen LogP contribution is 2.02. The number of hydrogen-bond acceptors (Lipinski definition) is 8. The molecule has 0 fully saturated rings. The summed E-state index contributed by atoms with van der Waals surface area (Å²) in [5.74, 6) is -5.52. The molecule has 3 amide bonds. The Morgan fingerprint density at radius 3 is 1.83 bits per heavy atom. The van der Waals surface area contributed by atoms with Crippen molar-refractivity contribution in [2.45, 2.75) is 56.8 Å². The van der Waals surface area contributed by atoms with Crippen LogP contribution < -0.4 is 27.4 Å². The standard InChI is InChI=1S/C16H29N5O8/c1-8(18)13(25)20-10(6-12(23)24)14(26)21-11(7-22)15(27)19-9(16(28)29)4-2-3-5-17/h8-11,22H,2-7,17-18H2,1H3,(H,19,27)(H,20,25)(H,21,26)(H,23,24)(H,28,29). The summed E-state index contributed by atoms with van der Waals surface area (Å²) in [5, 5.41) is 33.9. The minimum Gasteiger partial charge on any atom is -0.481 e. The number of carboxylic acid groups (broad SMARTS) is 2. The monoisotopic (exact) mass is 419 g/mol. The van der Waals surface area contributed by atoms with Gasteiger partial charge >= 0.3 is 11.9 Å². The summed E-state index contributed by atoms with van der Waals surface area (Å²) < 4.78 is 0. The molecule has 0 bridgehead atoms. The van der Waals surface area contributed by atoms with E-state index in [0.29, 0.717) is 19.4 Å². The SMILES string of the molecule is CC(N)C(=O)NC(CC(=O)O)C(=O)NC(CO)C(=O)NC(CCCCN)C(=O)O. The number of rotatable bonds is 14. The number of nitrogens with two attached hydrogens (primary N) is 2. The Labute approximate surface area is 167 Å². The highest BCUT2D eigenvalue weighted by molar-refractivity contribution is 5.95. The van der Waals surface area contributed by atoms with Gasteiger partial charge in [-0.1, -0.05) is 0 Å². The average Bonchev–Trinajstić information content (AvgIpc) is 2.63. The van der Waals surface area contributed by atoms with Crippen LogP contribution in [0, 0.1) is 0 Å². The molecular formula is C16H29N5O8. The molecule has 13 heteroatoms. The Bertz CT molecular complexity index is 598. The van der Waals surface area contributed by atoms with Crippen molar-refractivity contribution in [1.82, 2.24) is 16.0 Å². The largest absolute Gasteiger partial charge is 0.481 e. The van der Waals surface area contributed by atoms with Gasteiger partial charge < -0.3 is 42.7 Å². The van der Waals surface area contributed by atoms with E-state index < -0.39 is 66.9 Å². The number of carboxylic acids is 2. The molecule has 0 radical (unpaired) electrons. The molecule has 0 aliphatic rings. The van der Waals surface area contributed by atoms with Gasteiger partial charge in [-0.3, -0.25) is 19.2 Å². The summed E-state index contributed by atoms with van der Waals surface area (Å²) in [7, 11) is 0. The molecule has 166 valence electrons. The fourth-order valence-electron chi connectivity index (χ4n) is 2.18. The molecular weight excluding hydrogens is 390 g/mol. The number of aliphatic hydroxyl groups is 1. The second-order valence-corrected chi connectivity index (χ2v) is 6.38. The summed E-state index contributed by atoms with van der Waals surface area (Å²) in [4.78, 5) is 58.4. The van der Waals surface area contributed by atoms with Crippen molar-refractivity contribution in [3.8, 4) is 0 Å². The van der Waals surface area contributed by atoms with Crippen molar-refractivity contribution in [2.75, 3.05) is 13.2 Å². The summed E-state index contributed by atoms with van der Waals surface area (Å²) in [6.45, 7) is 0.799. The lowest BCUT2D eigenvalue weighted by molar-refractivity contribution is -0.143. The molecule has 4 unspecified atom stereocenters. The molecule has 10 N–H and O–H groups in total. The van der Waals surface area contributed by atoms with E-state index in [1.807, 2.05) is 0 Å². The predicted molar refractivity (Wildman–Crippen MR) is 99.3 cm³/mol. The Morgan fingerprint density at radius 2 is 1.38 bits per heavy atom. The van der Waals surface area contributed by atoms with E-state index >= 15 is 0 Å². The fraction of sp³-hybridized carbons (Fsp3) is 0.688. The fourth-order valence-corrected chi connectivity index (χ4v) is 2.18. The number of hydrogen-bond donors (Lipinski definition) is 8. The van der Waals surface area contributed by atoms with E-state index in [1.165, 1.54) is 6.92 Å². The summed E-state index contributed by atoms with van der Waals surface area (Å²) in [5.41, 5.74) is 10.7. The number of amides is 3. The molecule has 4 atom stereocenters. The molecule has 0 heterocycles. The van der Waals surface area contributed by atoms with Crippen molar-refractivity contribution in [1.29, 1.82) is 0 Å². The quantitative estimate of drug-likeness (QED) is 0.129. The first-order valence-corrected chi connectivity index (χ1v) is 8.95. The van der Waals surface area contributed by atoms with Gasteiger partial charge in [0, 0.05) is 0 Å². The predicted octanol–water partition coefficient (Wildman–Crippen LogP) is -3.53. The molecule has 29 heavy (non-hydrogen) atoms. The minimum absolute atomic E-state index is 0.0937. The van der Waals surface area contributed by atoms with Crippen molar-refractivity contribution < 1.29 is 39.3 Å². The lowest BCUT2D eigenvalue weighted by atomic mass is 10.1. The van der Waals surface area contributed by atoms with Crippen LogP contribution in [-0.2, 0) is 24.0 Å². The smallest absolute Gasteiger partial charge is 0.326 e. The number of aliphatic carboxylic acids is 2. The molecule has 0 aromatic heterocycles. The molecule has 0 aliphatic carbocycles. The zero-order chi connectivity index (χ0) is 22.6. The second kappa shape index (κ2) is 13.4. The Morgan fingerprint density at radius 1 is 0.862 bits per heavy atom. The molecule has 0 saturated heterocycles. The maximum atomic E-state index is 12.3. The molecule has 0 spiro atoms. The van der Waals surface area contributed by atoms with Gasteiger partial charge in [-0.05, 0) is 32.7 Å². The molecule has 0 saturated carbocycles. The second-order valence-electron chi connectivity index (χ2n) is 6.38. The number of nitrogens with one attached hydrogen (secondary N) is 3. The molecule has 0 aliphatic heterocycles. The van der Waals surface area contributed by atoms with Gasteiger partial charge in [0.15, 0.2) is 0 Å². The van der Waals surface area contributed by atoms with Crippen LogP contribution in [0.5, 0.6) is 0 Å². The molecule has 0 rings (SSSR count). The third-order valence-corrected chi connectivity index (χ3v) is 3.80. The van der Waals surface area contributed by atoms with E-state index in [-0.39, 0.29) is 6.42 Å². The van der Waals surface area contributed by atoms with Gasteiger partial charge in [0.1, 0.15) is 18.1 Å². The maximum Gasteiger partial charge on any atom is 0.326 e. The normalized spacial score (nSPS) is 14.8. The van der Waals surface area contributed by atoms with Gasteiger partial charge in [-0.25, -0.2) is 4.79 Å². The first-order chi connectivity index (χ1) is 13.5. The van der Waals surface area contributed by atoms with Crippen LogP contribution >= 0.6 is 0 Å². The van der Waals surface area contributed by atoms with E-state index in [1.54, 1.807) is 0 Å². The average molecular weight is 419 g/mol. The first-order valence-electron chi connectivity index (χ1n) is 8.95. The number of aliphatic hydroxyl groups excluding tert-OH is 1. The maximum absolute atomic E-state index is 12.3. The van der Waals surface area contributed by atoms with Crippen LogP contribution in [0.3, 0.4) is 0 Å². The van der Waals surface area contributed by atoms with Gasteiger partial charge in [-0.2, -0.15) is 0 Å². The number of unbranched alkanes of at least 4 members (excludes halogenated alkanes) is 1. The highest BCUT2D eigenvalue weighted by Gasteiger charge is 2.30. The molecule has 0 aromatic rings. The van der Waals surface area contributed by atoms with Crippen LogP contribution in [0.25, 0.3) is 0 Å². The zero-order valence-electron chi connectivity index (χ0n) is 16.1. The minimum atomic E-state index is -1.55. The lowest BCUT2D eigenvalue weighted by Gasteiger charge is -2.23. The van der Waals surface area contributed by atoms with E-state index in [0.717, 1.165) is 0 Å². The Kier molecular flexibility index (Phi) is 12.1. The topological polar surface area (TPSA) is 234 Å². The third-order valence-electron chi connectivity index (χ3n) is 3.80. The Balaban J connectivity index is 5.09. The highest BCUT2D eigenvalue weighted by atomic mass is 16.4. The summed E-state index contributed by atoms with van der Waals surface area (Å²) in [6.07, 6.45) is 0.293. The third kappa shape index (κ3) is 10.4. The van der Waals surface area contributed by atoms with Crippen molar-refractivity contribution in [2.24, 2.45) is 11.5 Å². The van der Waals surface area contributed by atoms with Crippen LogP contribution in [0.4, 0.5) is 0 Å². The molecule has 13 nitrogen and oxygen atoms in total. The van der Waals surface area contributed by atoms with Gasteiger partial charge in [0.2, 0.25) is 17.7 Å². The van der Waals surface area contributed by atoms with Gasteiger partial charge in [0.25, 0.3) is 0 Å². The summed E-state index contributed by atoms with van der Waals surface area (Å²) >= 11 is 0. The zero-order valence-corrected chi connectivity index (χ0v) is 16.1. The van der Waals surface area contributed by atoms with Crippen LogP contribution in [0.1, 0.15) is 32.6 Å². The summed E-state index contributed by atoms with van der Waals surface area (Å²) in [6, 6.07) is -5.37. The van der Waals surface area contributed by atoms with Gasteiger partial charge in [-0.15, -0.1) is 0 Å². The Hall–Kier alpha value is -2.77. The molecule has 0 aromatic carbocycles. The van der Waals surface area contributed by atoms with Crippen LogP contribution in [0.2, 0.25) is 0 Å². The van der Waals surface area contributed by atoms with Crippen molar-refractivity contribution in [3.63, 3.8) is 0 Å². The number of carbonyl (C=O) groups excluding carboxylic acids is 3. The van der Waals surface area contributed by atoms with E-state index in [2.05, 4.69) is 16.0 Å². The van der Waals surface area contributed by atoms with E-state index in [4.69, 9.17) is 16.6 Å². The van der Waals surface area contributed by atoms with E-state index in [9.17, 15) is 34.2 Å². The van der Waals surface area contributed by atoms with Crippen molar-refractivity contribution in [3.05, 3.63) is 0 Å². The number of carbonyl (C=O) groups is 5. The van der Waals surface area contributed by atoms with Gasteiger partial charge in [0.05, 0.1) is 19.1 Å². The van der Waals surface area contributed by atoms with Crippen molar-refractivity contribution >= 4 is 29.7 Å². The van der Waals surface area contributed by atoms with Crippen LogP contribution in [-0.4, -0.2) is 82.3 Å². The van der Waals surface area contributed by atoms with Crippen LogP contribution in [0.15, 0.2) is 0 Å².